The fourth-order valence-corrected chi connectivity index (χ4v) is 2.29. The van der Waals surface area contributed by atoms with Crippen LogP contribution in [0.2, 0.25) is 0 Å². The second kappa shape index (κ2) is 6.27. The van der Waals surface area contributed by atoms with Gasteiger partial charge in [0.2, 0.25) is 0 Å². The van der Waals surface area contributed by atoms with Gasteiger partial charge in [0, 0.05) is 6.42 Å². The maximum absolute atomic E-state index is 11.9. The van der Waals surface area contributed by atoms with Crippen LogP contribution >= 0.6 is 0 Å². The monoisotopic (exact) mass is 250 g/mol. The lowest BCUT2D eigenvalue weighted by Gasteiger charge is -2.20. The molecule has 96 valence electrons. The first-order valence-corrected chi connectivity index (χ1v) is 6.59. The maximum Gasteiger partial charge on any atom is 0.159 e. The molecule has 0 amide bonds. The Morgan fingerprint density at radius 3 is 2.37 bits per heavy atom. The summed E-state index contributed by atoms with van der Waals surface area (Å²) >= 11 is 0. The Labute approximate surface area is 119 Å². The Kier molecular flexibility index (Phi) is 5.22. The van der Waals surface area contributed by atoms with E-state index in [2.05, 4.69) is 13.8 Å². The van der Waals surface area contributed by atoms with Gasteiger partial charge in [-0.1, -0.05) is 42.0 Å². The van der Waals surface area contributed by atoms with Crippen molar-refractivity contribution in [2.24, 2.45) is 0 Å². The van der Waals surface area contributed by atoms with E-state index >= 15 is 0 Å². The Balaban J connectivity index is 3.27. The van der Waals surface area contributed by atoms with Crippen LogP contribution in [0.15, 0.2) is 17.7 Å². The van der Waals surface area contributed by atoms with Crippen molar-refractivity contribution >= 4 is 32.4 Å². The molecule has 3 heteroatoms. The maximum atomic E-state index is 11.9. The van der Waals surface area contributed by atoms with Crippen LogP contribution in [0, 0.1) is 6.92 Å². The van der Waals surface area contributed by atoms with Crippen molar-refractivity contribution < 1.29 is 4.79 Å². The summed E-state index contributed by atoms with van der Waals surface area (Å²) in [6, 6.07) is 1.89. The summed E-state index contributed by atoms with van der Waals surface area (Å²) in [5.41, 5.74) is 5.27. The minimum Gasteiger partial charge on any atom is -0.294 e. The quantitative estimate of drug-likeness (QED) is 0.588. The molecule has 4 radical (unpaired) electrons. The van der Waals surface area contributed by atoms with Crippen LogP contribution in [0.5, 0.6) is 0 Å². The second-order valence-corrected chi connectivity index (χ2v) is 5.60. The molecule has 1 rings (SSSR count). The van der Waals surface area contributed by atoms with Gasteiger partial charge in [0.1, 0.15) is 15.7 Å². The number of hydrogen-bond acceptors (Lipinski definition) is 1. The number of allylic oxidation sites excluding steroid dienone is 2. The smallest absolute Gasteiger partial charge is 0.159 e. The molecule has 1 aromatic rings. The number of rotatable bonds is 4. The highest BCUT2D eigenvalue weighted by Crippen LogP contribution is 2.18. The van der Waals surface area contributed by atoms with E-state index in [0.717, 1.165) is 27.7 Å². The van der Waals surface area contributed by atoms with Gasteiger partial charge in [-0.2, -0.15) is 0 Å². The fraction of sp³-hybridized carbons (Fsp3) is 0.438. The van der Waals surface area contributed by atoms with E-state index in [4.69, 9.17) is 15.7 Å². The highest BCUT2D eigenvalue weighted by molar-refractivity contribution is 6.40. The fourth-order valence-electron chi connectivity index (χ4n) is 2.29. The summed E-state index contributed by atoms with van der Waals surface area (Å²) in [4.78, 5) is 11.9. The topological polar surface area (TPSA) is 17.1 Å². The molecule has 0 saturated carbocycles. The molecule has 0 atom stereocenters. The summed E-state index contributed by atoms with van der Waals surface area (Å²) in [5, 5.41) is 0. The minimum atomic E-state index is 0.0875. The van der Waals surface area contributed by atoms with E-state index in [1.165, 1.54) is 0 Å². The third-order valence-electron chi connectivity index (χ3n) is 3.19. The molecule has 1 nitrogen and oxygen atoms in total. The molecule has 0 N–H and O–H groups in total. The largest absolute Gasteiger partial charge is 0.294 e. The summed E-state index contributed by atoms with van der Waals surface area (Å²) in [5.74, 6) is 0.360. The Morgan fingerprint density at radius 1 is 1.32 bits per heavy atom. The molecular weight excluding hydrogens is 230 g/mol. The highest BCUT2D eigenvalue weighted by atomic mass is 16.1. The second-order valence-electron chi connectivity index (χ2n) is 5.60. The molecule has 0 saturated heterocycles. The first kappa shape index (κ1) is 15.8. The van der Waals surface area contributed by atoms with E-state index in [1.54, 1.807) is 6.08 Å². The van der Waals surface area contributed by atoms with Crippen molar-refractivity contribution in [2.75, 3.05) is 0 Å². The van der Waals surface area contributed by atoms with Crippen LogP contribution in [-0.4, -0.2) is 21.5 Å². The molecule has 0 aromatic heterocycles. The SMILES string of the molecule is [B]c1cc(CC(=O)C=C(C)C)c(C(C)C)c([B])c1C. The van der Waals surface area contributed by atoms with Gasteiger partial charge in [0.25, 0.3) is 0 Å². The Hall–Kier alpha value is -1.24. The summed E-state index contributed by atoms with van der Waals surface area (Å²) in [6.45, 7) is 9.91. The zero-order valence-electron chi connectivity index (χ0n) is 12.5. The van der Waals surface area contributed by atoms with E-state index in [9.17, 15) is 4.79 Å². The molecule has 0 aliphatic carbocycles. The van der Waals surface area contributed by atoms with Gasteiger partial charge < -0.3 is 0 Å². The first-order chi connectivity index (χ1) is 8.73. The Bertz CT molecular complexity index is 524. The molecule has 1 aromatic carbocycles. The van der Waals surface area contributed by atoms with Gasteiger partial charge in [0.15, 0.2) is 5.78 Å². The number of ketones is 1. The van der Waals surface area contributed by atoms with Crippen molar-refractivity contribution in [3.8, 4) is 0 Å². The lowest BCUT2D eigenvalue weighted by Crippen LogP contribution is -2.27. The van der Waals surface area contributed by atoms with Gasteiger partial charge in [-0.3, -0.25) is 4.79 Å². The van der Waals surface area contributed by atoms with Crippen molar-refractivity contribution in [2.45, 2.75) is 47.0 Å². The summed E-state index contributed by atoms with van der Waals surface area (Å²) < 4.78 is 0. The molecule has 0 unspecified atom stereocenters. The van der Waals surface area contributed by atoms with Crippen molar-refractivity contribution in [1.29, 1.82) is 0 Å². The molecule has 0 heterocycles. The van der Waals surface area contributed by atoms with Crippen LogP contribution in [0.3, 0.4) is 0 Å². The van der Waals surface area contributed by atoms with Gasteiger partial charge in [-0.15, -0.1) is 0 Å². The molecule has 0 bridgehead atoms. The predicted molar refractivity (Wildman–Crippen MR) is 84.2 cm³/mol. The lowest BCUT2D eigenvalue weighted by atomic mass is 9.73. The van der Waals surface area contributed by atoms with Gasteiger partial charge in [-0.25, -0.2) is 0 Å². The minimum absolute atomic E-state index is 0.0875. The molecule has 19 heavy (non-hydrogen) atoms. The van der Waals surface area contributed by atoms with E-state index in [0.29, 0.717) is 11.9 Å². The average Bonchev–Trinajstić information content (AvgIpc) is 2.24. The molecule has 0 fully saturated rings. The van der Waals surface area contributed by atoms with Crippen molar-refractivity contribution in [3.63, 3.8) is 0 Å². The van der Waals surface area contributed by atoms with Crippen LogP contribution in [0.1, 0.15) is 50.3 Å². The molecule has 0 aliphatic rings. The predicted octanol–water partition coefficient (Wildman–Crippen LogP) is 1.78. The average molecular weight is 250 g/mol. The van der Waals surface area contributed by atoms with Crippen LogP contribution < -0.4 is 10.9 Å². The molecular formula is C16H20B2O. The summed E-state index contributed by atoms with van der Waals surface area (Å²) in [7, 11) is 12.1. The molecule has 0 spiro atoms. The van der Waals surface area contributed by atoms with Crippen LogP contribution in [-0.2, 0) is 11.2 Å². The first-order valence-electron chi connectivity index (χ1n) is 6.59. The van der Waals surface area contributed by atoms with Gasteiger partial charge >= 0.3 is 0 Å². The zero-order chi connectivity index (χ0) is 14.7. The van der Waals surface area contributed by atoms with Gasteiger partial charge in [-0.05, 0) is 43.9 Å². The van der Waals surface area contributed by atoms with Crippen molar-refractivity contribution in [3.05, 3.63) is 34.4 Å². The standard InChI is InChI=1S/C16H20B2O/c1-9(2)6-13(19)7-12-8-14(17)11(5)16(18)15(12)10(3)4/h6,8,10H,7H2,1-5H3. The van der Waals surface area contributed by atoms with E-state index in [-0.39, 0.29) is 11.7 Å². The van der Waals surface area contributed by atoms with E-state index < -0.39 is 0 Å². The normalized spacial score (nSPS) is 10.6. The number of benzene rings is 1. The number of carbonyl (C=O) groups is 1. The lowest BCUT2D eigenvalue weighted by molar-refractivity contribution is -0.114. The highest BCUT2D eigenvalue weighted by Gasteiger charge is 2.14. The third-order valence-corrected chi connectivity index (χ3v) is 3.19. The van der Waals surface area contributed by atoms with E-state index in [1.807, 2.05) is 26.8 Å². The van der Waals surface area contributed by atoms with Crippen LogP contribution in [0.4, 0.5) is 0 Å². The third kappa shape index (κ3) is 3.86. The van der Waals surface area contributed by atoms with Crippen LogP contribution in [0.25, 0.3) is 0 Å². The Morgan fingerprint density at radius 2 is 1.89 bits per heavy atom. The summed E-state index contributed by atoms with van der Waals surface area (Å²) in [6.07, 6.45) is 2.02. The van der Waals surface area contributed by atoms with Crippen molar-refractivity contribution in [1.82, 2.24) is 0 Å². The zero-order valence-corrected chi connectivity index (χ0v) is 12.5. The van der Waals surface area contributed by atoms with Gasteiger partial charge in [0.05, 0.1) is 0 Å². The molecule has 0 aliphatic heterocycles. The number of carbonyl (C=O) groups excluding carboxylic acids is 1. The number of hydrogen-bond donors (Lipinski definition) is 0.